The lowest BCUT2D eigenvalue weighted by atomic mass is 11.8. The normalized spacial score (nSPS) is 15.2. The van der Waals surface area contributed by atoms with Crippen molar-refractivity contribution in [1.82, 2.24) is 0 Å². The van der Waals surface area contributed by atoms with E-state index in [0.29, 0.717) is 0 Å². The number of hydrogen-bond donors (Lipinski definition) is 0. The molecule has 0 fully saturated rings. The maximum atomic E-state index is 5.94. The van der Waals surface area contributed by atoms with E-state index in [1.165, 1.54) is 0 Å². The average Bonchev–Trinajstić information content (AvgIpc) is 1.44. The molecule has 0 aliphatic carbocycles. The first kappa shape index (κ1) is 16.0. The first-order valence-corrected chi connectivity index (χ1v) is 17.7. The molecule has 11 heteroatoms. The van der Waals surface area contributed by atoms with Gasteiger partial charge >= 0.3 is 12.0 Å². The molecule has 0 aromatic rings. The van der Waals surface area contributed by atoms with Crippen LogP contribution in [0.3, 0.4) is 0 Å². The summed E-state index contributed by atoms with van der Waals surface area (Å²) in [7, 11) is 0. The van der Waals surface area contributed by atoms with Crippen molar-refractivity contribution in [3.63, 3.8) is 0 Å². The predicted molar refractivity (Wildman–Crippen MR) is 73.7 cm³/mol. The summed E-state index contributed by atoms with van der Waals surface area (Å²) in [4.78, 5) is -0.731. The molecule has 0 aliphatic heterocycles. The molecule has 0 aliphatic rings. The van der Waals surface area contributed by atoms with Crippen molar-refractivity contribution < 1.29 is 0 Å². The second kappa shape index (κ2) is 5.09. The van der Waals surface area contributed by atoms with E-state index in [4.69, 9.17) is 88.6 Å². The molecule has 0 saturated carbocycles. The maximum Gasteiger partial charge on any atom is 0.345 e. The summed E-state index contributed by atoms with van der Waals surface area (Å²) in [5.74, 6) is 0. The van der Waals surface area contributed by atoms with Crippen LogP contribution in [0.4, 0.5) is 0 Å². The van der Waals surface area contributed by atoms with Crippen LogP contribution in [0.1, 0.15) is 0 Å². The summed E-state index contributed by atoms with van der Waals surface area (Å²) in [5, 5.41) is 0. The lowest BCUT2D eigenvalue weighted by Crippen LogP contribution is -2.47. The zero-order valence-corrected chi connectivity index (χ0v) is 15.1. The summed E-state index contributed by atoms with van der Waals surface area (Å²) < 4.78 is 0. The van der Waals surface area contributed by atoms with Gasteiger partial charge in [-0.2, -0.15) is 0 Å². The SMILES string of the molecule is C[Si](Cl)(Cl)C([Si](Cl)(Cl)Cl)[Si](Cl)(Cl)Cl. The number of halogens is 8. The zero-order valence-electron chi connectivity index (χ0n) is 6.10. The van der Waals surface area contributed by atoms with Crippen molar-refractivity contribution in [3.05, 3.63) is 0 Å². The summed E-state index contributed by atoms with van der Waals surface area (Å²) in [6.07, 6.45) is 0. The lowest BCUT2D eigenvalue weighted by molar-refractivity contribution is 1.70. The summed E-state index contributed by atoms with van der Waals surface area (Å²) in [6, 6.07) is -6.35. The van der Waals surface area contributed by atoms with E-state index >= 15 is 0 Å². The van der Waals surface area contributed by atoms with Crippen LogP contribution >= 0.6 is 88.6 Å². The van der Waals surface area contributed by atoms with E-state index in [0.717, 1.165) is 0 Å². The van der Waals surface area contributed by atoms with Crippen LogP contribution in [-0.2, 0) is 0 Å². The molecule has 0 amide bonds. The van der Waals surface area contributed by atoms with Crippen molar-refractivity contribution in [1.29, 1.82) is 0 Å². The van der Waals surface area contributed by atoms with Crippen molar-refractivity contribution >= 4 is 107 Å². The maximum absolute atomic E-state index is 5.94. The Morgan fingerprint density at radius 3 is 0.923 bits per heavy atom. The Morgan fingerprint density at radius 2 is 0.923 bits per heavy atom. The van der Waals surface area contributed by atoms with Gasteiger partial charge in [0.15, 0.2) is 0 Å². The van der Waals surface area contributed by atoms with E-state index in [-0.39, 0.29) is 0 Å². The molecule has 0 nitrogen and oxygen atoms in total. The Kier molecular flexibility index (Phi) is 6.25. The molecular formula is C2H4Cl8Si3. The highest BCUT2D eigenvalue weighted by molar-refractivity contribution is 7.81. The Hall–Kier alpha value is 2.97. The smallest absolute Gasteiger partial charge is 0.146 e. The van der Waals surface area contributed by atoms with Gasteiger partial charge in [0.25, 0.3) is 6.69 Å². The molecule has 0 heterocycles. The molecule has 0 aromatic carbocycles. The van der Waals surface area contributed by atoms with Crippen LogP contribution in [0, 0.1) is 0 Å². The van der Waals surface area contributed by atoms with Crippen LogP contribution in [0.25, 0.3) is 0 Å². The fourth-order valence-corrected chi connectivity index (χ4v) is 43.9. The molecule has 0 unspecified atom stereocenters. The highest BCUT2D eigenvalue weighted by Gasteiger charge is 2.60. The second-order valence-electron chi connectivity index (χ2n) is 2.47. The second-order valence-corrected chi connectivity index (χ2v) is 29.5. The Morgan fingerprint density at radius 1 is 0.692 bits per heavy atom. The molecule has 13 heavy (non-hydrogen) atoms. The fourth-order valence-electron chi connectivity index (χ4n) is 0.760. The quantitative estimate of drug-likeness (QED) is 0.449. The van der Waals surface area contributed by atoms with Crippen LogP contribution in [0.5, 0.6) is 0 Å². The van der Waals surface area contributed by atoms with E-state index < -0.39 is 23.5 Å². The molecule has 80 valence electrons. The third kappa shape index (κ3) is 5.73. The van der Waals surface area contributed by atoms with Gasteiger partial charge < -0.3 is 0 Å². The highest BCUT2D eigenvalue weighted by atomic mass is 35.8. The van der Waals surface area contributed by atoms with Gasteiger partial charge in [0.2, 0.25) is 0 Å². The van der Waals surface area contributed by atoms with Gasteiger partial charge in [-0.15, -0.1) is 88.6 Å². The first-order chi connectivity index (χ1) is 5.37. The Labute approximate surface area is 117 Å². The van der Waals surface area contributed by atoms with Gasteiger partial charge in [-0.3, -0.25) is 0 Å². The minimum Gasteiger partial charge on any atom is -0.146 e. The van der Waals surface area contributed by atoms with E-state index in [2.05, 4.69) is 0 Å². The largest absolute Gasteiger partial charge is 0.345 e. The molecule has 0 rings (SSSR count). The van der Waals surface area contributed by atoms with Gasteiger partial charge in [-0.1, -0.05) is 0 Å². The minimum atomic E-state index is -3.18. The minimum absolute atomic E-state index is 0.731. The molecule has 0 spiro atoms. The third-order valence-corrected chi connectivity index (χ3v) is 26.2. The van der Waals surface area contributed by atoms with E-state index in [1.54, 1.807) is 6.55 Å². The lowest BCUT2D eigenvalue weighted by Gasteiger charge is -2.32. The van der Waals surface area contributed by atoms with Crippen LogP contribution in [-0.4, -0.2) is 18.7 Å². The average molecular weight is 396 g/mol. The van der Waals surface area contributed by atoms with Crippen LogP contribution in [0.2, 0.25) is 11.3 Å². The topological polar surface area (TPSA) is 0 Å². The summed E-state index contributed by atoms with van der Waals surface area (Å²) in [5.41, 5.74) is 0. The van der Waals surface area contributed by atoms with Crippen LogP contribution in [0.15, 0.2) is 0 Å². The van der Waals surface area contributed by atoms with Crippen molar-refractivity contribution in [2.75, 3.05) is 0 Å². The van der Waals surface area contributed by atoms with Crippen molar-refractivity contribution in [2.24, 2.45) is 0 Å². The van der Waals surface area contributed by atoms with Gasteiger partial charge in [0.1, 0.15) is 0 Å². The monoisotopic (exact) mass is 392 g/mol. The van der Waals surface area contributed by atoms with E-state index in [9.17, 15) is 0 Å². The van der Waals surface area contributed by atoms with Gasteiger partial charge in [-0.05, 0) is 6.55 Å². The zero-order chi connectivity index (χ0) is 11.1. The summed E-state index contributed by atoms with van der Waals surface area (Å²) in [6.45, 7) is -1.19. The Balaban J connectivity index is 5.02. The standard InChI is InChI=1S/C2H4Cl8Si3/c1-11(3,4)2(12(5,6)7)13(8,9)10/h2H,1H3. The Bertz CT molecular complexity index is 140. The third-order valence-electron chi connectivity index (χ3n) is 1.16. The predicted octanol–water partition coefficient (Wildman–Crippen LogP) is 5.30. The molecule has 0 atom stereocenters. The molecule has 0 N–H and O–H groups in total. The van der Waals surface area contributed by atoms with Crippen molar-refractivity contribution in [2.45, 2.75) is 11.3 Å². The number of hydrogen-bond acceptors (Lipinski definition) is 0. The molecular weight excluding hydrogens is 392 g/mol. The number of rotatable bonds is 3. The van der Waals surface area contributed by atoms with Crippen molar-refractivity contribution in [3.8, 4) is 0 Å². The van der Waals surface area contributed by atoms with Gasteiger partial charge in [-0.25, -0.2) is 0 Å². The van der Waals surface area contributed by atoms with Gasteiger partial charge in [0, 0.05) is 0 Å². The van der Waals surface area contributed by atoms with Crippen LogP contribution < -0.4 is 0 Å². The molecule has 0 aromatic heterocycles. The summed E-state index contributed by atoms with van der Waals surface area (Å²) >= 11 is 46.6. The fraction of sp³-hybridized carbons (Fsp3) is 1.00. The molecule has 0 bridgehead atoms. The first-order valence-electron chi connectivity index (χ1n) is 2.88. The van der Waals surface area contributed by atoms with E-state index in [1.807, 2.05) is 0 Å². The van der Waals surface area contributed by atoms with Gasteiger partial charge in [0.05, 0.1) is 4.79 Å². The highest BCUT2D eigenvalue weighted by Crippen LogP contribution is 2.53. The molecule has 0 saturated heterocycles. The molecule has 0 radical (unpaired) electrons.